The zero-order chi connectivity index (χ0) is 13.9. The second-order valence-electron chi connectivity index (χ2n) is 4.13. The van der Waals surface area contributed by atoms with E-state index >= 15 is 0 Å². The van der Waals surface area contributed by atoms with Crippen molar-refractivity contribution in [1.82, 2.24) is 10.1 Å². The van der Waals surface area contributed by atoms with Gasteiger partial charge in [0.1, 0.15) is 5.75 Å². The molecule has 0 aliphatic heterocycles. The molecule has 0 bridgehead atoms. The molecule has 1 heterocycles. The first-order chi connectivity index (χ1) is 9.78. The second-order valence-corrected chi connectivity index (χ2v) is 4.54. The Bertz CT molecular complexity index is 740. The Labute approximate surface area is 121 Å². The fourth-order valence-electron chi connectivity index (χ4n) is 1.85. The van der Waals surface area contributed by atoms with Crippen LogP contribution >= 0.6 is 11.6 Å². The third-order valence-electron chi connectivity index (χ3n) is 2.86. The van der Waals surface area contributed by atoms with Gasteiger partial charge in [-0.05, 0) is 30.3 Å². The fourth-order valence-corrected chi connectivity index (χ4v) is 2.07. The molecule has 0 aliphatic rings. The van der Waals surface area contributed by atoms with Crippen LogP contribution in [0.15, 0.2) is 53.1 Å². The molecule has 0 amide bonds. The van der Waals surface area contributed by atoms with Gasteiger partial charge in [-0.2, -0.15) is 4.98 Å². The van der Waals surface area contributed by atoms with Gasteiger partial charge in [0, 0.05) is 11.1 Å². The minimum absolute atomic E-state index is 0.429. The lowest BCUT2D eigenvalue weighted by molar-refractivity contribution is 0.413. The first kappa shape index (κ1) is 12.7. The summed E-state index contributed by atoms with van der Waals surface area (Å²) < 4.78 is 10.5. The molecule has 1 aromatic heterocycles. The minimum atomic E-state index is 0.429. The highest BCUT2D eigenvalue weighted by atomic mass is 35.5. The van der Waals surface area contributed by atoms with Crippen LogP contribution in [0.4, 0.5) is 0 Å². The summed E-state index contributed by atoms with van der Waals surface area (Å²) in [7, 11) is 1.61. The first-order valence-corrected chi connectivity index (χ1v) is 6.39. The van der Waals surface area contributed by atoms with Crippen molar-refractivity contribution in [1.29, 1.82) is 0 Å². The van der Waals surface area contributed by atoms with E-state index in [4.69, 9.17) is 20.9 Å². The van der Waals surface area contributed by atoms with Crippen LogP contribution in [0.25, 0.3) is 22.8 Å². The molecule has 0 saturated carbocycles. The minimum Gasteiger partial charge on any atom is -0.497 e. The highest BCUT2D eigenvalue weighted by Gasteiger charge is 2.13. The predicted octanol–water partition coefficient (Wildman–Crippen LogP) is 4.07. The summed E-state index contributed by atoms with van der Waals surface area (Å²) >= 11 is 6.12. The third-order valence-corrected chi connectivity index (χ3v) is 3.19. The van der Waals surface area contributed by atoms with Crippen molar-refractivity contribution in [3.8, 4) is 28.6 Å². The molecule has 5 heteroatoms. The van der Waals surface area contributed by atoms with Gasteiger partial charge in [-0.25, -0.2) is 0 Å². The summed E-state index contributed by atoms with van der Waals surface area (Å²) in [5.41, 5.74) is 1.54. The van der Waals surface area contributed by atoms with Crippen LogP contribution < -0.4 is 4.74 Å². The molecule has 0 unspecified atom stereocenters. The lowest BCUT2D eigenvalue weighted by Crippen LogP contribution is -1.84. The van der Waals surface area contributed by atoms with Gasteiger partial charge in [0.15, 0.2) is 0 Å². The molecule has 0 saturated heterocycles. The molecule has 3 aromatic rings. The highest BCUT2D eigenvalue weighted by molar-refractivity contribution is 6.33. The Morgan fingerprint density at radius 3 is 2.75 bits per heavy atom. The molecule has 0 aliphatic carbocycles. The van der Waals surface area contributed by atoms with E-state index in [0.29, 0.717) is 16.7 Å². The van der Waals surface area contributed by atoms with Crippen LogP contribution in [0, 0.1) is 0 Å². The summed E-state index contributed by atoms with van der Waals surface area (Å²) in [4.78, 5) is 4.37. The van der Waals surface area contributed by atoms with Gasteiger partial charge in [-0.15, -0.1) is 0 Å². The van der Waals surface area contributed by atoms with Crippen LogP contribution in [-0.2, 0) is 0 Å². The van der Waals surface area contributed by atoms with Gasteiger partial charge in [0.05, 0.1) is 12.1 Å². The molecule has 20 heavy (non-hydrogen) atoms. The number of nitrogens with zero attached hydrogens (tertiary/aromatic N) is 2. The molecule has 0 fully saturated rings. The number of rotatable bonds is 3. The smallest absolute Gasteiger partial charge is 0.258 e. The number of ether oxygens (including phenoxy) is 1. The fraction of sp³-hybridized carbons (Fsp3) is 0.0667. The molecular formula is C15H11ClN2O2. The molecule has 3 rings (SSSR count). The summed E-state index contributed by atoms with van der Waals surface area (Å²) in [6.07, 6.45) is 0. The van der Waals surface area contributed by atoms with Crippen LogP contribution in [0.5, 0.6) is 5.75 Å². The lowest BCUT2D eigenvalue weighted by atomic mass is 10.2. The maximum absolute atomic E-state index is 6.12. The van der Waals surface area contributed by atoms with Crippen molar-refractivity contribution in [3.63, 3.8) is 0 Å². The van der Waals surface area contributed by atoms with E-state index in [1.165, 1.54) is 0 Å². The monoisotopic (exact) mass is 286 g/mol. The zero-order valence-corrected chi connectivity index (χ0v) is 11.5. The molecule has 0 N–H and O–H groups in total. The van der Waals surface area contributed by atoms with Crippen molar-refractivity contribution in [2.45, 2.75) is 0 Å². The number of benzene rings is 2. The average molecular weight is 287 g/mol. The maximum Gasteiger partial charge on any atom is 0.258 e. The zero-order valence-electron chi connectivity index (χ0n) is 10.7. The Morgan fingerprint density at radius 2 is 1.95 bits per heavy atom. The van der Waals surface area contributed by atoms with Gasteiger partial charge in [-0.3, -0.25) is 0 Å². The van der Waals surface area contributed by atoms with Crippen LogP contribution in [0.3, 0.4) is 0 Å². The van der Waals surface area contributed by atoms with Crippen LogP contribution in [0.2, 0.25) is 5.02 Å². The summed E-state index contributed by atoms with van der Waals surface area (Å²) in [5, 5.41) is 4.56. The SMILES string of the molecule is COc1cccc(-c2nc(-c3ccccc3Cl)no2)c1. The topological polar surface area (TPSA) is 48.2 Å². The quantitative estimate of drug-likeness (QED) is 0.728. The lowest BCUT2D eigenvalue weighted by Gasteiger charge is -1.99. The largest absolute Gasteiger partial charge is 0.497 e. The van der Waals surface area contributed by atoms with Crippen LogP contribution in [0.1, 0.15) is 0 Å². The molecule has 4 nitrogen and oxygen atoms in total. The number of methoxy groups -OCH3 is 1. The van der Waals surface area contributed by atoms with E-state index in [1.54, 1.807) is 13.2 Å². The Kier molecular flexibility index (Phi) is 3.39. The van der Waals surface area contributed by atoms with E-state index in [9.17, 15) is 0 Å². The predicted molar refractivity (Wildman–Crippen MR) is 76.7 cm³/mol. The number of halogens is 1. The number of aromatic nitrogens is 2. The molecule has 0 radical (unpaired) electrons. The Morgan fingerprint density at radius 1 is 1.10 bits per heavy atom. The summed E-state index contributed by atoms with van der Waals surface area (Å²) in [6, 6.07) is 14.8. The molecule has 100 valence electrons. The van der Waals surface area contributed by atoms with Crippen molar-refractivity contribution < 1.29 is 9.26 Å². The molecule has 0 atom stereocenters. The van der Waals surface area contributed by atoms with Gasteiger partial charge in [-0.1, -0.05) is 35.0 Å². The van der Waals surface area contributed by atoms with E-state index in [1.807, 2.05) is 42.5 Å². The second kappa shape index (κ2) is 5.35. The van der Waals surface area contributed by atoms with Gasteiger partial charge < -0.3 is 9.26 Å². The Hall–Kier alpha value is -2.33. The number of hydrogen-bond donors (Lipinski definition) is 0. The summed E-state index contributed by atoms with van der Waals surface area (Å²) in [6.45, 7) is 0. The van der Waals surface area contributed by atoms with Gasteiger partial charge in [0.25, 0.3) is 5.89 Å². The van der Waals surface area contributed by atoms with Crippen molar-refractivity contribution >= 4 is 11.6 Å². The van der Waals surface area contributed by atoms with Gasteiger partial charge in [0.2, 0.25) is 5.82 Å². The Balaban J connectivity index is 2.00. The average Bonchev–Trinajstić information content (AvgIpc) is 2.97. The van der Waals surface area contributed by atoms with Crippen molar-refractivity contribution in [3.05, 3.63) is 53.6 Å². The number of hydrogen-bond acceptors (Lipinski definition) is 4. The molecule has 0 spiro atoms. The highest BCUT2D eigenvalue weighted by Crippen LogP contribution is 2.28. The van der Waals surface area contributed by atoms with E-state index in [0.717, 1.165) is 16.9 Å². The van der Waals surface area contributed by atoms with Gasteiger partial charge >= 0.3 is 0 Å². The standard InChI is InChI=1S/C15H11ClN2O2/c1-19-11-6-4-5-10(9-11)15-17-14(18-20-15)12-7-2-3-8-13(12)16/h2-9H,1H3. The summed E-state index contributed by atoms with van der Waals surface area (Å²) in [5.74, 6) is 1.63. The molecular weight excluding hydrogens is 276 g/mol. The van der Waals surface area contributed by atoms with Crippen LogP contribution in [-0.4, -0.2) is 17.3 Å². The van der Waals surface area contributed by atoms with E-state index in [-0.39, 0.29) is 0 Å². The van der Waals surface area contributed by atoms with Crippen molar-refractivity contribution in [2.75, 3.05) is 7.11 Å². The first-order valence-electron chi connectivity index (χ1n) is 6.01. The normalized spacial score (nSPS) is 10.5. The van der Waals surface area contributed by atoms with E-state index < -0.39 is 0 Å². The third kappa shape index (κ3) is 2.38. The van der Waals surface area contributed by atoms with E-state index in [2.05, 4.69) is 10.1 Å². The molecule has 2 aromatic carbocycles. The maximum atomic E-state index is 6.12. The van der Waals surface area contributed by atoms with Crippen molar-refractivity contribution in [2.24, 2.45) is 0 Å².